The summed E-state index contributed by atoms with van der Waals surface area (Å²) in [6, 6.07) is 7.76. The Labute approximate surface area is 124 Å². The number of nitrogens with zero attached hydrogens (tertiary/aromatic N) is 1. The Bertz CT molecular complexity index is 496. The first-order valence-corrected chi connectivity index (χ1v) is 7.27. The highest BCUT2D eigenvalue weighted by atomic mass is 32.1. The van der Waals surface area contributed by atoms with E-state index >= 15 is 0 Å². The van der Waals surface area contributed by atoms with Crippen molar-refractivity contribution in [1.82, 2.24) is 4.90 Å². The zero-order valence-electron chi connectivity index (χ0n) is 11.4. The summed E-state index contributed by atoms with van der Waals surface area (Å²) in [5, 5.41) is 8.95. The van der Waals surface area contributed by atoms with Crippen molar-refractivity contribution in [3.8, 4) is 0 Å². The smallest absolute Gasteiger partial charge is 0.307 e. The van der Waals surface area contributed by atoms with E-state index in [1.807, 2.05) is 24.3 Å². The number of benzene rings is 1. The summed E-state index contributed by atoms with van der Waals surface area (Å²) in [5.74, 6) is -0.430. The van der Waals surface area contributed by atoms with Gasteiger partial charge in [-0.1, -0.05) is 36.5 Å². The number of likely N-dealkylation sites (tertiary alicyclic amines) is 1. The van der Waals surface area contributed by atoms with Crippen LogP contribution >= 0.6 is 12.2 Å². The Morgan fingerprint density at radius 2 is 1.90 bits per heavy atom. The maximum Gasteiger partial charge on any atom is 0.307 e. The summed E-state index contributed by atoms with van der Waals surface area (Å²) >= 11 is 5.05. The standard InChI is InChI=1S/C15H20N2O2S/c16-15(20)11-5-7-17(8-6-11)10-13-4-2-1-3-12(13)9-14(18)19/h1-4,11H,5-10H2,(H2,16,20)(H,18,19). The van der Waals surface area contributed by atoms with Gasteiger partial charge in [0, 0.05) is 12.5 Å². The molecule has 0 saturated carbocycles. The van der Waals surface area contributed by atoms with Gasteiger partial charge in [-0.15, -0.1) is 0 Å². The van der Waals surface area contributed by atoms with E-state index in [9.17, 15) is 4.79 Å². The molecule has 4 nitrogen and oxygen atoms in total. The number of carbonyl (C=O) groups is 1. The second-order valence-electron chi connectivity index (χ2n) is 5.29. The number of hydrogen-bond acceptors (Lipinski definition) is 3. The molecular formula is C15H20N2O2S. The van der Waals surface area contributed by atoms with Gasteiger partial charge in [-0.25, -0.2) is 0 Å². The van der Waals surface area contributed by atoms with Crippen LogP contribution in [0.2, 0.25) is 0 Å². The molecule has 0 amide bonds. The number of carboxylic acid groups (broad SMARTS) is 1. The van der Waals surface area contributed by atoms with Gasteiger partial charge in [-0.05, 0) is 37.1 Å². The van der Waals surface area contributed by atoms with Gasteiger partial charge in [-0.3, -0.25) is 9.69 Å². The molecule has 5 heteroatoms. The van der Waals surface area contributed by atoms with Gasteiger partial charge in [0.15, 0.2) is 0 Å². The molecular weight excluding hydrogens is 272 g/mol. The maximum absolute atomic E-state index is 10.9. The number of nitrogens with two attached hydrogens (primary N) is 1. The molecule has 0 radical (unpaired) electrons. The first-order chi connectivity index (χ1) is 9.56. The van der Waals surface area contributed by atoms with E-state index in [4.69, 9.17) is 23.1 Å². The Hall–Kier alpha value is -1.46. The second-order valence-corrected chi connectivity index (χ2v) is 5.76. The number of hydrogen-bond donors (Lipinski definition) is 2. The highest BCUT2D eigenvalue weighted by Crippen LogP contribution is 2.20. The quantitative estimate of drug-likeness (QED) is 0.810. The van der Waals surface area contributed by atoms with Crippen LogP contribution in [0.5, 0.6) is 0 Å². The first kappa shape index (κ1) is 14.9. The lowest BCUT2D eigenvalue weighted by Crippen LogP contribution is -2.37. The minimum Gasteiger partial charge on any atom is -0.481 e. The number of thiocarbonyl (C=S) groups is 1. The summed E-state index contributed by atoms with van der Waals surface area (Å²) in [6.07, 6.45) is 2.08. The van der Waals surface area contributed by atoms with Crippen LogP contribution in [0.4, 0.5) is 0 Å². The topological polar surface area (TPSA) is 66.6 Å². The minimum atomic E-state index is -0.787. The summed E-state index contributed by atoms with van der Waals surface area (Å²) in [6.45, 7) is 2.72. The third kappa shape index (κ3) is 4.02. The number of aliphatic carboxylic acids is 1. The highest BCUT2D eigenvalue weighted by Gasteiger charge is 2.21. The summed E-state index contributed by atoms with van der Waals surface area (Å²) in [4.78, 5) is 13.9. The fourth-order valence-corrected chi connectivity index (χ4v) is 2.90. The Morgan fingerprint density at radius 3 is 2.45 bits per heavy atom. The monoisotopic (exact) mass is 292 g/mol. The van der Waals surface area contributed by atoms with Crippen LogP contribution in [0, 0.1) is 5.92 Å². The van der Waals surface area contributed by atoms with E-state index in [1.54, 1.807) is 0 Å². The third-order valence-corrected chi connectivity index (χ3v) is 4.18. The van der Waals surface area contributed by atoms with Crippen LogP contribution in [-0.4, -0.2) is 34.1 Å². The Balaban J connectivity index is 1.97. The second kappa shape index (κ2) is 6.81. The van der Waals surface area contributed by atoms with Crippen LogP contribution in [0.3, 0.4) is 0 Å². The van der Waals surface area contributed by atoms with Gasteiger partial charge < -0.3 is 10.8 Å². The van der Waals surface area contributed by atoms with Gasteiger partial charge in [0.05, 0.1) is 11.4 Å². The summed E-state index contributed by atoms with van der Waals surface area (Å²) < 4.78 is 0. The van der Waals surface area contributed by atoms with Crippen LogP contribution in [0.1, 0.15) is 24.0 Å². The summed E-state index contributed by atoms with van der Waals surface area (Å²) in [5.41, 5.74) is 7.69. The molecule has 20 heavy (non-hydrogen) atoms. The molecule has 1 saturated heterocycles. The van der Waals surface area contributed by atoms with Crippen LogP contribution in [0.15, 0.2) is 24.3 Å². The average Bonchev–Trinajstić information content (AvgIpc) is 2.41. The lowest BCUT2D eigenvalue weighted by atomic mass is 9.96. The molecule has 3 N–H and O–H groups in total. The van der Waals surface area contributed by atoms with E-state index in [2.05, 4.69) is 4.90 Å². The van der Waals surface area contributed by atoms with E-state index in [0.29, 0.717) is 10.9 Å². The molecule has 1 aromatic rings. The lowest BCUT2D eigenvalue weighted by Gasteiger charge is -2.31. The molecule has 1 aliphatic heterocycles. The van der Waals surface area contributed by atoms with E-state index in [0.717, 1.165) is 43.6 Å². The predicted molar refractivity (Wildman–Crippen MR) is 82.6 cm³/mol. The molecule has 0 spiro atoms. The zero-order valence-corrected chi connectivity index (χ0v) is 12.2. The van der Waals surface area contributed by atoms with Crippen molar-refractivity contribution in [2.45, 2.75) is 25.8 Å². The molecule has 1 heterocycles. The molecule has 0 aromatic heterocycles. The molecule has 0 unspecified atom stereocenters. The van der Waals surface area contributed by atoms with Gasteiger partial charge >= 0.3 is 5.97 Å². The number of carboxylic acids is 1. The minimum absolute atomic E-state index is 0.0829. The van der Waals surface area contributed by atoms with Gasteiger partial charge in [0.2, 0.25) is 0 Å². The van der Waals surface area contributed by atoms with Gasteiger partial charge in [-0.2, -0.15) is 0 Å². The normalized spacial score (nSPS) is 17.0. The van der Waals surface area contributed by atoms with Crippen molar-refractivity contribution in [3.05, 3.63) is 35.4 Å². The Morgan fingerprint density at radius 1 is 1.30 bits per heavy atom. The fourth-order valence-electron chi connectivity index (χ4n) is 2.66. The van der Waals surface area contributed by atoms with E-state index in [-0.39, 0.29) is 6.42 Å². The molecule has 1 aliphatic rings. The number of piperidine rings is 1. The van der Waals surface area contributed by atoms with E-state index < -0.39 is 5.97 Å². The maximum atomic E-state index is 10.9. The molecule has 0 atom stereocenters. The zero-order chi connectivity index (χ0) is 14.5. The largest absolute Gasteiger partial charge is 0.481 e. The number of rotatable bonds is 5. The van der Waals surface area contributed by atoms with Gasteiger partial charge in [0.1, 0.15) is 0 Å². The fraction of sp³-hybridized carbons (Fsp3) is 0.467. The molecule has 1 fully saturated rings. The summed E-state index contributed by atoms with van der Waals surface area (Å²) in [7, 11) is 0. The molecule has 0 aliphatic carbocycles. The van der Waals surface area contributed by atoms with Gasteiger partial charge in [0.25, 0.3) is 0 Å². The van der Waals surface area contributed by atoms with Crippen LogP contribution in [0.25, 0.3) is 0 Å². The average molecular weight is 292 g/mol. The van der Waals surface area contributed by atoms with Crippen molar-refractivity contribution in [3.63, 3.8) is 0 Å². The third-order valence-electron chi connectivity index (χ3n) is 3.84. The first-order valence-electron chi connectivity index (χ1n) is 6.86. The van der Waals surface area contributed by atoms with Crippen LogP contribution in [-0.2, 0) is 17.8 Å². The van der Waals surface area contributed by atoms with Crippen molar-refractivity contribution < 1.29 is 9.90 Å². The predicted octanol–water partition coefficient (Wildman–Crippen LogP) is 1.81. The van der Waals surface area contributed by atoms with Crippen molar-refractivity contribution in [2.75, 3.05) is 13.1 Å². The van der Waals surface area contributed by atoms with Crippen molar-refractivity contribution in [1.29, 1.82) is 0 Å². The molecule has 108 valence electrons. The molecule has 0 bridgehead atoms. The van der Waals surface area contributed by atoms with Crippen molar-refractivity contribution >= 4 is 23.2 Å². The van der Waals surface area contributed by atoms with Crippen LogP contribution < -0.4 is 5.73 Å². The Kier molecular flexibility index (Phi) is 5.09. The lowest BCUT2D eigenvalue weighted by molar-refractivity contribution is -0.136. The molecule has 2 rings (SSSR count). The van der Waals surface area contributed by atoms with E-state index in [1.165, 1.54) is 0 Å². The molecule has 1 aromatic carbocycles. The highest BCUT2D eigenvalue weighted by molar-refractivity contribution is 7.80. The van der Waals surface area contributed by atoms with Crippen molar-refractivity contribution in [2.24, 2.45) is 11.7 Å². The SMILES string of the molecule is NC(=S)C1CCN(Cc2ccccc2CC(=O)O)CC1.